The van der Waals surface area contributed by atoms with Gasteiger partial charge < -0.3 is 14.4 Å². The number of amides is 1. The molecule has 1 fully saturated rings. The second-order valence-corrected chi connectivity index (χ2v) is 8.01. The quantitative estimate of drug-likeness (QED) is 0.812. The lowest BCUT2D eigenvalue weighted by Gasteiger charge is -2.40. The van der Waals surface area contributed by atoms with E-state index in [2.05, 4.69) is 38.1 Å². The third-order valence-corrected chi connectivity index (χ3v) is 5.26. The molecule has 27 heavy (non-hydrogen) atoms. The van der Waals surface area contributed by atoms with Gasteiger partial charge in [0, 0.05) is 19.6 Å². The van der Waals surface area contributed by atoms with E-state index in [4.69, 9.17) is 4.42 Å². The molecule has 1 aromatic carbocycles. The van der Waals surface area contributed by atoms with Crippen LogP contribution in [0.3, 0.4) is 0 Å². The molecule has 3 rings (SSSR count). The van der Waals surface area contributed by atoms with Crippen LogP contribution in [0.25, 0.3) is 0 Å². The molecule has 1 amide bonds. The van der Waals surface area contributed by atoms with E-state index < -0.39 is 5.60 Å². The van der Waals surface area contributed by atoms with Gasteiger partial charge >= 0.3 is 0 Å². The Labute approximate surface area is 161 Å². The first-order valence-electron chi connectivity index (χ1n) is 9.69. The molecule has 0 radical (unpaired) electrons. The number of hydrogen-bond donors (Lipinski definition) is 1. The zero-order chi connectivity index (χ0) is 19.4. The molecule has 1 aliphatic heterocycles. The molecular formula is C22H30N2O3. The van der Waals surface area contributed by atoms with Gasteiger partial charge in [0.15, 0.2) is 5.60 Å². The van der Waals surface area contributed by atoms with Crippen molar-refractivity contribution in [1.29, 1.82) is 0 Å². The second kappa shape index (κ2) is 8.28. The van der Waals surface area contributed by atoms with E-state index >= 15 is 0 Å². The number of aliphatic hydroxyl groups is 1. The highest BCUT2D eigenvalue weighted by molar-refractivity contribution is 5.86. The van der Waals surface area contributed by atoms with Crippen LogP contribution in [0.1, 0.15) is 49.5 Å². The molecule has 1 saturated heterocycles. The van der Waals surface area contributed by atoms with Gasteiger partial charge in [-0.1, -0.05) is 38.1 Å². The number of hydrogen-bond acceptors (Lipinski definition) is 4. The van der Waals surface area contributed by atoms with E-state index in [0.29, 0.717) is 38.5 Å². The normalized spacial score (nSPS) is 20.7. The van der Waals surface area contributed by atoms with E-state index in [1.807, 2.05) is 24.1 Å². The van der Waals surface area contributed by atoms with Crippen molar-refractivity contribution in [3.63, 3.8) is 0 Å². The topological polar surface area (TPSA) is 56.9 Å². The van der Waals surface area contributed by atoms with Crippen molar-refractivity contribution in [2.75, 3.05) is 20.1 Å². The monoisotopic (exact) mass is 370 g/mol. The predicted molar refractivity (Wildman–Crippen MR) is 105 cm³/mol. The minimum atomic E-state index is -1.34. The molecule has 146 valence electrons. The summed E-state index contributed by atoms with van der Waals surface area (Å²) >= 11 is 0. The number of benzene rings is 1. The average Bonchev–Trinajstić information content (AvgIpc) is 3.12. The van der Waals surface area contributed by atoms with Gasteiger partial charge in [0.1, 0.15) is 5.76 Å². The standard InChI is InChI=1S/C22H30N2O3/c1-17(2)19-9-7-18(8-10-19)14-24-12-5-11-22(26,21(24)25)16-23(3)15-20-6-4-13-27-20/h4,6-10,13,17,26H,5,11-12,14-16H2,1-3H3/t22-/m1/s1. The molecule has 0 bridgehead atoms. The summed E-state index contributed by atoms with van der Waals surface area (Å²) in [5.41, 5.74) is 1.05. The predicted octanol–water partition coefficient (Wildman–Crippen LogP) is 3.39. The van der Waals surface area contributed by atoms with Crippen LogP contribution < -0.4 is 0 Å². The van der Waals surface area contributed by atoms with Gasteiger partial charge in [0.25, 0.3) is 5.91 Å². The first-order chi connectivity index (χ1) is 12.9. The van der Waals surface area contributed by atoms with Gasteiger partial charge in [0.2, 0.25) is 0 Å². The lowest BCUT2D eigenvalue weighted by Crippen LogP contribution is -2.57. The molecule has 1 aromatic heterocycles. The van der Waals surface area contributed by atoms with Gasteiger partial charge in [-0.05, 0) is 49.1 Å². The van der Waals surface area contributed by atoms with Crippen LogP contribution in [0.4, 0.5) is 0 Å². The molecule has 0 aliphatic carbocycles. The molecule has 1 atom stereocenters. The molecule has 2 heterocycles. The number of carbonyl (C=O) groups is 1. The smallest absolute Gasteiger partial charge is 0.256 e. The number of nitrogens with zero attached hydrogens (tertiary/aromatic N) is 2. The van der Waals surface area contributed by atoms with Gasteiger partial charge in [-0.25, -0.2) is 0 Å². The number of piperidine rings is 1. The maximum Gasteiger partial charge on any atom is 0.256 e. The van der Waals surface area contributed by atoms with Crippen molar-refractivity contribution < 1.29 is 14.3 Å². The summed E-state index contributed by atoms with van der Waals surface area (Å²) in [5, 5.41) is 11.0. The Morgan fingerprint density at radius 3 is 2.63 bits per heavy atom. The molecule has 2 aromatic rings. The van der Waals surface area contributed by atoms with Gasteiger partial charge in [-0.3, -0.25) is 9.69 Å². The molecule has 5 nitrogen and oxygen atoms in total. The molecular weight excluding hydrogens is 340 g/mol. The Kier molecular flexibility index (Phi) is 6.02. The highest BCUT2D eigenvalue weighted by Crippen LogP contribution is 2.26. The van der Waals surface area contributed by atoms with Gasteiger partial charge in [-0.2, -0.15) is 0 Å². The average molecular weight is 370 g/mol. The van der Waals surface area contributed by atoms with Crippen LogP contribution in [-0.2, 0) is 17.9 Å². The summed E-state index contributed by atoms with van der Waals surface area (Å²) in [5.74, 6) is 1.14. The fourth-order valence-corrected chi connectivity index (χ4v) is 3.76. The van der Waals surface area contributed by atoms with Crippen molar-refractivity contribution in [2.24, 2.45) is 0 Å². The fraction of sp³-hybridized carbons (Fsp3) is 0.500. The van der Waals surface area contributed by atoms with Crippen LogP contribution in [-0.4, -0.2) is 46.6 Å². The largest absolute Gasteiger partial charge is 0.468 e. The summed E-state index contributed by atoms with van der Waals surface area (Å²) in [6, 6.07) is 12.2. The number of furan rings is 1. The highest BCUT2D eigenvalue weighted by Gasteiger charge is 2.42. The van der Waals surface area contributed by atoms with Crippen molar-refractivity contribution in [3.05, 3.63) is 59.5 Å². The van der Waals surface area contributed by atoms with E-state index in [1.165, 1.54) is 5.56 Å². The van der Waals surface area contributed by atoms with E-state index in [9.17, 15) is 9.90 Å². The summed E-state index contributed by atoms with van der Waals surface area (Å²) in [7, 11) is 1.90. The Morgan fingerprint density at radius 2 is 2.00 bits per heavy atom. The van der Waals surface area contributed by atoms with Crippen molar-refractivity contribution in [3.8, 4) is 0 Å². The van der Waals surface area contributed by atoms with Crippen LogP contribution in [0, 0.1) is 0 Å². The Hall–Kier alpha value is -2.11. The van der Waals surface area contributed by atoms with Crippen LogP contribution in [0.2, 0.25) is 0 Å². The van der Waals surface area contributed by atoms with Gasteiger partial charge in [-0.15, -0.1) is 0 Å². The zero-order valence-electron chi connectivity index (χ0n) is 16.5. The maximum absolute atomic E-state index is 13.0. The maximum atomic E-state index is 13.0. The Morgan fingerprint density at radius 1 is 1.26 bits per heavy atom. The third kappa shape index (κ3) is 4.79. The number of likely N-dealkylation sites (N-methyl/N-ethyl adjacent to an activating group) is 1. The minimum absolute atomic E-state index is 0.173. The van der Waals surface area contributed by atoms with E-state index in [1.54, 1.807) is 11.2 Å². The molecule has 0 spiro atoms. The first kappa shape index (κ1) is 19.6. The lowest BCUT2D eigenvalue weighted by molar-refractivity contribution is -0.160. The zero-order valence-corrected chi connectivity index (χ0v) is 16.5. The van der Waals surface area contributed by atoms with Crippen LogP contribution >= 0.6 is 0 Å². The minimum Gasteiger partial charge on any atom is -0.468 e. The number of carbonyl (C=O) groups excluding carboxylic acids is 1. The molecule has 5 heteroatoms. The lowest BCUT2D eigenvalue weighted by atomic mass is 9.90. The molecule has 1 aliphatic rings. The highest BCUT2D eigenvalue weighted by atomic mass is 16.3. The van der Waals surface area contributed by atoms with Crippen molar-refractivity contribution in [2.45, 2.75) is 51.3 Å². The summed E-state index contributed by atoms with van der Waals surface area (Å²) in [6.07, 6.45) is 2.94. The SMILES string of the molecule is CC(C)c1ccc(CN2CCC[C@@](O)(CN(C)Cc3ccco3)C2=O)cc1. The molecule has 1 N–H and O–H groups in total. The second-order valence-electron chi connectivity index (χ2n) is 8.01. The molecule has 0 saturated carbocycles. The fourth-order valence-electron chi connectivity index (χ4n) is 3.76. The Bertz CT molecular complexity index is 739. The van der Waals surface area contributed by atoms with Crippen molar-refractivity contribution in [1.82, 2.24) is 9.80 Å². The number of rotatable bonds is 7. The van der Waals surface area contributed by atoms with Crippen molar-refractivity contribution >= 4 is 5.91 Å². The van der Waals surface area contributed by atoms with E-state index in [0.717, 1.165) is 17.7 Å². The first-order valence-corrected chi connectivity index (χ1v) is 9.69. The molecule has 0 unspecified atom stereocenters. The van der Waals surface area contributed by atoms with E-state index in [-0.39, 0.29) is 5.91 Å². The summed E-state index contributed by atoms with van der Waals surface area (Å²) in [4.78, 5) is 16.7. The Balaban J connectivity index is 1.63. The van der Waals surface area contributed by atoms with Gasteiger partial charge in [0.05, 0.1) is 12.8 Å². The van der Waals surface area contributed by atoms with Crippen LogP contribution in [0.5, 0.6) is 0 Å². The summed E-state index contributed by atoms with van der Waals surface area (Å²) in [6.45, 7) is 6.44. The summed E-state index contributed by atoms with van der Waals surface area (Å²) < 4.78 is 5.36. The third-order valence-electron chi connectivity index (χ3n) is 5.26. The number of likely N-dealkylation sites (tertiary alicyclic amines) is 1. The van der Waals surface area contributed by atoms with Crippen LogP contribution in [0.15, 0.2) is 47.1 Å².